The average molecular weight is 227 g/mol. The number of aliphatic hydroxyl groups is 1. The summed E-state index contributed by atoms with van der Waals surface area (Å²) in [4.78, 5) is 13.1. The Kier molecular flexibility index (Phi) is 8.91. The Morgan fingerprint density at radius 3 is 2.31 bits per heavy atom. The zero-order chi connectivity index (χ0) is 12.4. The SMILES string of the molecule is C=C(CO)C(=O)N(C)CCCCCCCC. The molecule has 3 heteroatoms. The molecule has 16 heavy (non-hydrogen) atoms. The number of rotatable bonds is 9. The lowest BCUT2D eigenvalue weighted by molar-refractivity contribution is -0.126. The van der Waals surface area contributed by atoms with Gasteiger partial charge < -0.3 is 10.0 Å². The number of hydrogen-bond donors (Lipinski definition) is 1. The fraction of sp³-hybridized carbons (Fsp3) is 0.769. The zero-order valence-electron chi connectivity index (χ0n) is 10.7. The van der Waals surface area contributed by atoms with Crippen LogP contribution in [0.15, 0.2) is 12.2 Å². The number of carbonyl (C=O) groups is 1. The number of amides is 1. The van der Waals surface area contributed by atoms with Crippen molar-refractivity contribution in [2.24, 2.45) is 0 Å². The molecule has 0 aliphatic heterocycles. The molecule has 0 rings (SSSR count). The molecule has 0 aromatic rings. The summed E-state index contributed by atoms with van der Waals surface area (Å²) in [6.45, 7) is 6.23. The third-order valence-electron chi connectivity index (χ3n) is 2.69. The smallest absolute Gasteiger partial charge is 0.251 e. The molecule has 0 saturated carbocycles. The van der Waals surface area contributed by atoms with E-state index in [2.05, 4.69) is 13.5 Å². The molecule has 0 aromatic carbocycles. The summed E-state index contributed by atoms with van der Waals surface area (Å²) < 4.78 is 0. The van der Waals surface area contributed by atoms with Crippen LogP contribution in [-0.2, 0) is 4.79 Å². The minimum atomic E-state index is -0.250. The van der Waals surface area contributed by atoms with Crippen LogP contribution in [0.5, 0.6) is 0 Å². The maximum absolute atomic E-state index is 11.5. The van der Waals surface area contributed by atoms with Crippen molar-refractivity contribution >= 4 is 5.91 Å². The number of unbranched alkanes of at least 4 members (excludes halogenated alkanes) is 5. The van der Waals surface area contributed by atoms with Crippen LogP contribution in [0, 0.1) is 0 Å². The van der Waals surface area contributed by atoms with Gasteiger partial charge in [-0.3, -0.25) is 4.79 Å². The third-order valence-corrected chi connectivity index (χ3v) is 2.69. The molecular formula is C13H25NO2. The molecule has 0 aliphatic rings. The van der Waals surface area contributed by atoms with E-state index in [1.54, 1.807) is 11.9 Å². The normalized spacial score (nSPS) is 10.2. The lowest BCUT2D eigenvalue weighted by atomic mass is 10.1. The summed E-state index contributed by atoms with van der Waals surface area (Å²) in [6.07, 6.45) is 7.30. The van der Waals surface area contributed by atoms with Gasteiger partial charge in [0.15, 0.2) is 0 Å². The number of hydrogen-bond acceptors (Lipinski definition) is 2. The van der Waals surface area contributed by atoms with Crippen molar-refractivity contribution in [3.05, 3.63) is 12.2 Å². The van der Waals surface area contributed by atoms with E-state index in [-0.39, 0.29) is 18.1 Å². The van der Waals surface area contributed by atoms with Gasteiger partial charge in [0.25, 0.3) is 5.91 Å². The Balaban J connectivity index is 3.53. The van der Waals surface area contributed by atoms with Crippen LogP contribution in [0.2, 0.25) is 0 Å². The first-order valence-electron chi connectivity index (χ1n) is 6.17. The number of aliphatic hydroxyl groups excluding tert-OH is 1. The van der Waals surface area contributed by atoms with Gasteiger partial charge in [-0.25, -0.2) is 0 Å². The van der Waals surface area contributed by atoms with Crippen molar-refractivity contribution < 1.29 is 9.90 Å². The van der Waals surface area contributed by atoms with Gasteiger partial charge in [-0.05, 0) is 6.42 Å². The van der Waals surface area contributed by atoms with Crippen LogP contribution in [0.3, 0.4) is 0 Å². The maximum atomic E-state index is 11.5. The highest BCUT2D eigenvalue weighted by Crippen LogP contribution is 2.06. The van der Waals surface area contributed by atoms with Gasteiger partial charge in [0.1, 0.15) is 0 Å². The number of nitrogens with zero attached hydrogens (tertiary/aromatic N) is 1. The van der Waals surface area contributed by atoms with E-state index in [1.165, 1.54) is 32.1 Å². The van der Waals surface area contributed by atoms with Crippen molar-refractivity contribution in [1.29, 1.82) is 0 Å². The highest BCUT2D eigenvalue weighted by atomic mass is 16.3. The maximum Gasteiger partial charge on any atom is 0.251 e. The first-order valence-corrected chi connectivity index (χ1v) is 6.17. The second kappa shape index (κ2) is 9.40. The second-order valence-electron chi connectivity index (χ2n) is 4.26. The van der Waals surface area contributed by atoms with Gasteiger partial charge >= 0.3 is 0 Å². The van der Waals surface area contributed by atoms with Crippen LogP contribution in [0.25, 0.3) is 0 Å². The first kappa shape index (κ1) is 15.2. The van der Waals surface area contributed by atoms with E-state index in [0.717, 1.165) is 13.0 Å². The predicted molar refractivity (Wildman–Crippen MR) is 67.2 cm³/mol. The third kappa shape index (κ3) is 6.62. The molecule has 1 amide bonds. The molecule has 0 aliphatic carbocycles. The van der Waals surface area contributed by atoms with Crippen molar-refractivity contribution in [2.45, 2.75) is 45.4 Å². The van der Waals surface area contributed by atoms with E-state index < -0.39 is 0 Å². The molecule has 0 heterocycles. The van der Waals surface area contributed by atoms with Gasteiger partial charge in [-0.15, -0.1) is 0 Å². The number of carbonyl (C=O) groups excluding carboxylic acids is 1. The highest BCUT2D eigenvalue weighted by Gasteiger charge is 2.10. The molecule has 1 N–H and O–H groups in total. The topological polar surface area (TPSA) is 40.5 Å². The van der Waals surface area contributed by atoms with E-state index in [1.807, 2.05) is 0 Å². The summed E-state index contributed by atoms with van der Waals surface area (Å²) in [6, 6.07) is 0. The average Bonchev–Trinajstić information content (AvgIpc) is 2.31. The van der Waals surface area contributed by atoms with Gasteiger partial charge in [0.05, 0.1) is 6.61 Å². The molecule has 0 unspecified atom stereocenters. The van der Waals surface area contributed by atoms with Crippen LogP contribution in [-0.4, -0.2) is 36.1 Å². The molecule has 0 bridgehead atoms. The van der Waals surface area contributed by atoms with Gasteiger partial charge in [-0.1, -0.05) is 45.6 Å². The van der Waals surface area contributed by atoms with Crippen LogP contribution in [0.4, 0.5) is 0 Å². The Labute approximate surface area is 99.1 Å². The molecule has 0 fully saturated rings. The van der Waals surface area contributed by atoms with Gasteiger partial charge in [0.2, 0.25) is 0 Å². The van der Waals surface area contributed by atoms with Crippen LogP contribution in [0.1, 0.15) is 45.4 Å². The van der Waals surface area contributed by atoms with Crippen LogP contribution < -0.4 is 0 Å². The van der Waals surface area contributed by atoms with Gasteiger partial charge in [-0.2, -0.15) is 0 Å². The summed E-state index contributed by atoms with van der Waals surface area (Å²) in [5, 5.41) is 8.78. The van der Waals surface area contributed by atoms with E-state index >= 15 is 0 Å². The Morgan fingerprint density at radius 2 is 1.75 bits per heavy atom. The minimum Gasteiger partial charge on any atom is -0.391 e. The van der Waals surface area contributed by atoms with Gasteiger partial charge in [0, 0.05) is 19.2 Å². The summed E-state index contributed by atoms with van der Waals surface area (Å²) in [5.41, 5.74) is 0.272. The van der Waals surface area contributed by atoms with E-state index in [4.69, 9.17) is 5.11 Å². The molecule has 0 radical (unpaired) electrons. The van der Waals surface area contributed by atoms with Crippen molar-refractivity contribution in [3.63, 3.8) is 0 Å². The standard InChI is InChI=1S/C13H25NO2/c1-4-5-6-7-8-9-10-14(3)13(16)12(2)11-15/h15H,2,4-11H2,1,3H3. The van der Waals surface area contributed by atoms with E-state index in [9.17, 15) is 4.79 Å². The first-order chi connectivity index (χ1) is 7.63. The minimum absolute atomic E-state index is 0.143. The Morgan fingerprint density at radius 1 is 1.19 bits per heavy atom. The molecule has 94 valence electrons. The molecule has 0 spiro atoms. The lowest BCUT2D eigenvalue weighted by Crippen LogP contribution is -2.29. The monoisotopic (exact) mass is 227 g/mol. The molecule has 3 nitrogen and oxygen atoms in total. The summed E-state index contributed by atoms with van der Waals surface area (Å²) in [5.74, 6) is -0.143. The quantitative estimate of drug-likeness (QED) is 0.485. The van der Waals surface area contributed by atoms with E-state index in [0.29, 0.717) is 0 Å². The Bertz CT molecular complexity index is 214. The molecule has 0 saturated heterocycles. The summed E-state index contributed by atoms with van der Waals surface area (Å²) >= 11 is 0. The molecular weight excluding hydrogens is 202 g/mol. The second-order valence-corrected chi connectivity index (χ2v) is 4.26. The Hall–Kier alpha value is -0.830. The predicted octanol–water partition coefficient (Wildman–Crippen LogP) is 2.35. The highest BCUT2D eigenvalue weighted by molar-refractivity contribution is 5.92. The molecule has 0 aromatic heterocycles. The summed E-state index contributed by atoms with van der Waals surface area (Å²) in [7, 11) is 1.76. The molecule has 0 atom stereocenters. The fourth-order valence-corrected chi connectivity index (χ4v) is 1.57. The lowest BCUT2D eigenvalue weighted by Gasteiger charge is -2.17. The fourth-order valence-electron chi connectivity index (χ4n) is 1.57. The number of likely N-dealkylation sites (N-methyl/N-ethyl adjacent to an activating group) is 1. The van der Waals surface area contributed by atoms with Crippen molar-refractivity contribution in [2.75, 3.05) is 20.2 Å². The van der Waals surface area contributed by atoms with Crippen LogP contribution >= 0.6 is 0 Å². The van der Waals surface area contributed by atoms with Crippen molar-refractivity contribution in [3.8, 4) is 0 Å². The van der Waals surface area contributed by atoms with Crippen molar-refractivity contribution in [1.82, 2.24) is 4.90 Å². The largest absolute Gasteiger partial charge is 0.391 e. The zero-order valence-corrected chi connectivity index (χ0v) is 10.7.